The number of aromatic nitrogens is 3. The molecule has 0 spiro atoms. The van der Waals surface area contributed by atoms with E-state index in [2.05, 4.69) is 21.9 Å². The molecule has 0 bridgehead atoms. The number of rotatable bonds is 1. The van der Waals surface area contributed by atoms with E-state index in [-0.39, 0.29) is 0 Å². The zero-order valence-electron chi connectivity index (χ0n) is 7.04. The minimum absolute atomic E-state index is 0.649. The summed E-state index contributed by atoms with van der Waals surface area (Å²) in [5, 5.41) is 8.14. The Hall–Kier alpha value is -0.860. The molecule has 1 aliphatic carbocycles. The summed E-state index contributed by atoms with van der Waals surface area (Å²) in [6.45, 7) is 4.10. The van der Waals surface area contributed by atoms with Crippen molar-refractivity contribution in [1.82, 2.24) is 15.0 Å². The molecule has 60 valence electrons. The molecule has 1 heterocycles. The van der Waals surface area contributed by atoms with Crippen molar-refractivity contribution in [2.45, 2.75) is 39.2 Å². The highest BCUT2D eigenvalue weighted by molar-refractivity contribution is 5.06. The molecule has 1 saturated carbocycles. The molecule has 1 aliphatic rings. The smallest absolute Gasteiger partial charge is 0.0825 e. The van der Waals surface area contributed by atoms with Gasteiger partial charge in [-0.3, -0.25) is 0 Å². The quantitative estimate of drug-likeness (QED) is 0.610. The van der Waals surface area contributed by atoms with Gasteiger partial charge in [-0.05, 0) is 33.1 Å². The average molecular weight is 151 g/mol. The largest absolute Gasteiger partial charge is 0.246 e. The molecule has 1 aromatic rings. The van der Waals surface area contributed by atoms with Gasteiger partial charge in [-0.25, -0.2) is 4.68 Å². The molecule has 0 unspecified atom stereocenters. The van der Waals surface area contributed by atoms with Gasteiger partial charge in [-0.2, -0.15) is 0 Å². The molecule has 3 heteroatoms. The molecule has 3 nitrogen and oxygen atoms in total. The third-order valence-corrected chi connectivity index (χ3v) is 2.58. The van der Waals surface area contributed by atoms with Crippen LogP contribution in [0.2, 0.25) is 0 Å². The van der Waals surface area contributed by atoms with Gasteiger partial charge in [0.25, 0.3) is 0 Å². The lowest BCUT2D eigenvalue weighted by Crippen LogP contribution is -2.19. The highest BCUT2D eigenvalue weighted by Gasteiger charge is 2.22. The molecule has 0 aromatic carbocycles. The highest BCUT2D eigenvalue weighted by Crippen LogP contribution is 2.31. The van der Waals surface area contributed by atoms with E-state index in [9.17, 15) is 0 Å². The van der Waals surface area contributed by atoms with Crippen LogP contribution < -0.4 is 0 Å². The molecule has 0 atom stereocenters. The Balaban J connectivity index is 2.29. The summed E-state index contributed by atoms with van der Waals surface area (Å²) in [6, 6.07) is 0.649. The molecular weight excluding hydrogens is 138 g/mol. The van der Waals surface area contributed by atoms with Gasteiger partial charge in [0, 0.05) is 0 Å². The zero-order chi connectivity index (χ0) is 7.84. The lowest BCUT2D eigenvalue weighted by molar-refractivity contribution is 0.280. The monoisotopic (exact) mass is 151 g/mol. The standard InChI is InChI=1S/C8H13N3/c1-6-7(2)11(10-9-6)8-4-3-5-8/h8H,3-5H2,1-2H3. The molecule has 1 aromatic heterocycles. The van der Waals surface area contributed by atoms with Crippen LogP contribution >= 0.6 is 0 Å². The van der Waals surface area contributed by atoms with Crippen LogP contribution in [0.5, 0.6) is 0 Å². The Morgan fingerprint density at radius 2 is 2.09 bits per heavy atom. The summed E-state index contributed by atoms with van der Waals surface area (Å²) in [7, 11) is 0. The number of hydrogen-bond donors (Lipinski definition) is 0. The zero-order valence-corrected chi connectivity index (χ0v) is 7.04. The SMILES string of the molecule is Cc1nnn(C2CCC2)c1C. The fraction of sp³-hybridized carbons (Fsp3) is 0.750. The van der Waals surface area contributed by atoms with E-state index >= 15 is 0 Å². The minimum atomic E-state index is 0.649. The molecule has 0 radical (unpaired) electrons. The molecule has 0 saturated heterocycles. The van der Waals surface area contributed by atoms with Crippen molar-refractivity contribution < 1.29 is 0 Å². The summed E-state index contributed by atoms with van der Waals surface area (Å²) < 4.78 is 2.07. The van der Waals surface area contributed by atoms with E-state index in [1.807, 2.05) is 6.92 Å². The average Bonchev–Trinajstić information content (AvgIpc) is 2.15. The lowest BCUT2D eigenvalue weighted by Gasteiger charge is -2.26. The van der Waals surface area contributed by atoms with Gasteiger partial charge in [-0.15, -0.1) is 5.10 Å². The van der Waals surface area contributed by atoms with Crippen molar-refractivity contribution in [3.8, 4) is 0 Å². The van der Waals surface area contributed by atoms with E-state index in [4.69, 9.17) is 0 Å². The molecule has 11 heavy (non-hydrogen) atoms. The Bertz CT molecular complexity index is 260. The van der Waals surface area contributed by atoms with E-state index in [1.165, 1.54) is 25.0 Å². The minimum Gasteiger partial charge on any atom is -0.246 e. The second-order valence-electron chi connectivity index (χ2n) is 3.29. The van der Waals surface area contributed by atoms with Crippen LogP contribution in [0, 0.1) is 13.8 Å². The van der Waals surface area contributed by atoms with Crippen LogP contribution in [0.15, 0.2) is 0 Å². The first-order valence-electron chi connectivity index (χ1n) is 4.17. The molecule has 2 rings (SSSR count). The van der Waals surface area contributed by atoms with Gasteiger partial charge >= 0.3 is 0 Å². The van der Waals surface area contributed by atoms with Crippen molar-refractivity contribution in [2.24, 2.45) is 0 Å². The van der Waals surface area contributed by atoms with Crippen molar-refractivity contribution in [1.29, 1.82) is 0 Å². The third-order valence-electron chi connectivity index (χ3n) is 2.58. The van der Waals surface area contributed by atoms with E-state index in [1.54, 1.807) is 0 Å². The molecule has 0 N–H and O–H groups in total. The maximum atomic E-state index is 4.10. The lowest BCUT2D eigenvalue weighted by atomic mass is 9.93. The summed E-state index contributed by atoms with van der Waals surface area (Å²) >= 11 is 0. The summed E-state index contributed by atoms with van der Waals surface area (Å²) in [5.74, 6) is 0. The van der Waals surface area contributed by atoms with Gasteiger partial charge < -0.3 is 0 Å². The molecule has 1 fully saturated rings. The molecule has 0 amide bonds. The topological polar surface area (TPSA) is 30.7 Å². The van der Waals surface area contributed by atoms with Crippen molar-refractivity contribution in [3.63, 3.8) is 0 Å². The predicted octanol–water partition coefficient (Wildman–Crippen LogP) is 1.62. The molecular formula is C8H13N3. The van der Waals surface area contributed by atoms with Gasteiger partial charge in [0.1, 0.15) is 0 Å². The van der Waals surface area contributed by atoms with Gasteiger partial charge in [0.05, 0.1) is 17.4 Å². The van der Waals surface area contributed by atoms with Gasteiger partial charge in [-0.1, -0.05) is 5.21 Å². The Kier molecular flexibility index (Phi) is 1.44. The van der Waals surface area contributed by atoms with Crippen LogP contribution in [-0.2, 0) is 0 Å². The van der Waals surface area contributed by atoms with Crippen LogP contribution in [0.25, 0.3) is 0 Å². The van der Waals surface area contributed by atoms with Crippen LogP contribution in [0.1, 0.15) is 36.7 Å². The van der Waals surface area contributed by atoms with Crippen LogP contribution in [0.3, 0.4) is 0 Å². The first-order valence-corrected chi connectivity index (χ1v) is 4.17. The van der Waals surface area contributed by atoms with Gasteiger partial charge in [0.15, 0.2) is 0 Å². The summed E-state index contributed by atoms with van der Waals surface area (Å²) in [6.07, 6.45) is 3.91. The third kappa shape index (κ3) is 0.951. The first kappa shape index (κ1) is 6.83. The van der Waals surface area contributed by atoms with Crippen molar-refractivity contribution in [2.75, 3.05) is 0 Å². The first-order chi connectivity index (χ1) is 5.29. The van der Waals surface area contributed by atoms with Crippen LogP contribution in [0.4, 0.5) is 0 Å². The summed E-state index contributed by atoms with van der Waals surface area (Å²) in [5.41, 5.74) is 2.30. The fourth-order valence-electron chi connectivity index (χ4n) is 1.40. The van der Waals surface area contributed by atoms with Crippen molar-refractivity contribution in [3.05, 3.63) is 11.4 Å². The second kappa shape index (κ2) is 2.32. The number of nitrogens with zero attached hydrogens (tertiary/aromatic N) is 3. The van der Waals surface area contributed by atoms with E-state index in [0.717, 1.165) is 5.69 Å². The highest BCUT2D eigenvalue weighted by atomic mass is 15.4. The van der Waals surface area contributed by atoms with Gasteiger partial charge in [0.2, 0.25) is 0 Å². The second-order valence-corrected chi connectivity index (χ2v) is 3.29. The van der Waals surface area contributed by atoms with Crippen molar-refractivity contribution >= 4 is 0 Å². The maximum Gasteiger partial charge on any atom is 0.0825 e. The fourth-order valence-corrected chi connectivity index (χ4v) is 1.40. The van der Waals surface area contributed by atoms with Crippen LogP contribution in [-0.4, -0.2) is 15.0 Å². The molecule has 0 aliphatic heterocycles. The summed E-state index contributed by atoms with van der Waals surface area (Å²) in [4.78, 5) is 0. The van der Waals surface area contributed by atoms with E-state index in [0.29, 0.717) is 6.04 Å². The Morgan fingerprint density at radius 1 is 1.36 bits per heavy atom. The van der Waals surface area contributed by atoms with E-state index < -0.39 is 0 Å². The predicted molar refractivity (Wildman–Crippen MR) is 42.4 cm³/mol. The normalized spacial score (nSPS) is 18.4. The Morgan fingerprint density at radius 3 is 2.45 bits per heavy atom. The number of aryl methyl sites for hydroxylation is 1. The Labute approximate surface area is 66.4 Å². The number of hydrogen-bond acceptors (Lipinski definition) is 2. The maximum absolute atomic E-state index is 4.10.